The lowest BCUT2D eigenvalue weighted by Crippen LogP contribution is -2.19. The van der Waals surface area contributed by atoms with Crippen LogP contribution in [0.5, 0.6) is 0 Å². The number of rotatable bonds is 4. The molecule has 2 heterocycles. The Labute approximate surface area is 128 Å². The molecule has 0 spiro atoms. The van der Waals surface area contributed by atoms with E-state index >= 15 is 0 Å². The van der Waals surface area contributed by atoms with Crippen LogP contribution in [0, 0.1) is 12.7 Å². The van der Waals surface area contributed by atoms with Crippen LogP contribution in [0.4, 0.5) is 16.2 Å². The van der Waals surface area contributed by atoms with Crippen molar-refractivity contribution in [1.82, 2.24) is 15.0 Å². The van der Waals surface area contributed by atoms with Crippen molar-refractivity contribution in [1.29, 1.82) is 0 Å². The molecule has 2 aromatic heterocycles. The lowest BCUT2D eigenvalue weighted by molar-refractivity contribution is 0.630. The van der Waals surface area contributed by atoms with Gasteiger partial charge in [-0.3, -0.25) is 0 Å². The molecule has 5 nitrogen and oxygen atoms in total. The highest BCUT2D eigenvalue weighted by molar-refractivity contribution is 5.80. The van der Waals surface area contributed by atoms with Crippen molar-refractivity contribution in [3.63, 3.8) is 0 Å². The third-order valence-electron chi connectivity index (χ3n) is 3.50. The molecular formula is C16H18FN5. The van der Waals surface area contributed by atoms with Gasteiger partial charge in [-0.2, -0.15) is 4.98 Å². The van der Waals surface area contributed by atoms with Gasteiger partial charge in [0.1, 0.15) is 11.6 Å². The van der Waals surface area contributed by atoms with Gasteiger partial charge in [0.25, 0.3) is 0 Å². The molecule has 0 saturated heterocycles. The maximum absolute atomic E-state index is 13.3. The fourth-order valence-electron chi connectivity index (χ4n) is 2.44. The number of hydrogen-bond acceptors (Lipinski definition) is 4. The summed E-state index contributed by atoms with van der Waals surface area (Å²) < 4.78 is 13.3. The lowest BCUT2D eigenvalue weighted by Gasteiger charge is -2.18. The van der Waals surface area contributed by atoms with Gasteiger partial charge in [0, 0.05) is 42.5 Å². The van der Waals surface area contributed by atoms with Crippen LogP contribution in [0.3, 0.4) is 0 Å². The van der Waals surface area contributed by atoms with Gasteiger partial charge < -0.3 is 15.2 Å². The SMILES string of the molecule is CNc1nc(C)cc(N(C)Cc2cc3cc(F)ccc3[nH]2)n1. The third-order valence-corrected chi connectivity index (χ3v) is 3.50. The largest absolute Gasteiger partial charge is 0.357 e. The van der Waals surface area contributed by atoms with Crippen LogP contribution in [-0.2, 0) is 6.54 Å². The number of anilines is 2. The summed E-state index contributed by atoms with van der Waals surface area (Å²) in [5.74, 6) is 1.21. The highest BCUT2D eigenvalue weighted by Gasteiger charge is 2.09. The molecule has 0 saturated carbocycles. The maximum atomic E-state index is 13.3. The zero-order chi connectivity index (χ0) is 15.7. The van der Waals surface area contributed by atoms with Gasteiger partial charge in [0.2, 0.25) is 5.95 Å². The van der Waals surface area contributed by atoms with E-state index in [9.17, 15) is 4.39 Å². The van der Waals surface area contributed by atoms with Crippen molar-refractivity contribution in [2.45, 2.75) is 13.5 Å². The minimum Gasteiger partial charge on any atom is -0.357 e. The fourth-order valence-corrected chi connectivity index (χ4v) is 2.44. The average molecular weight is 299 g/mol. The summed E-state index contributed by atoms with van der Waals surface area (Å²) in [6.07, 6.45) is 0. The second-order valence-corrected chi connectivity index (χ2v) is 5.32. The van der Waals surface area contributed by atoms with Crippen molar-refractivity contribution in [2.24, 2.45) is 0 Å². The first-order valence-corrected chi connectivity index (χ1v) is 7.07. The van der Waals surface area contributed by atoms with Crippen LogP contribution in [0.15, 0.2) is 30.3 Å². The summed E-state index contributed by atoms with van der Waals surface area (Å²) in [5, 5.41) is 3.83. The standard InChI is InChI=1S/C16H18FN5/c1-10-6-15(21-16(18-2)19-10)22(3)9-13-8-11-7-12(17)4-5-14(11)20-13/h4-8,20H,9H2,1-3H3,(H,18,19,21). The van der Waals surface area contributed by atoms with Crippen molar-refractivity contribution in [2.75, 3.05) is 24.3 Å². The number of hydrogen-bond donors (Lipinski definition) is 2. The first-order valence-electron chi connectivity index (χ1n) is 7.07. The van der Waals surface area contributed by atoms with Gasteiger partial charge in [0.15, 0.2) is 0 Å². The number of benzene rings is 1. The van der Waals surface area contributed by atoms with Crippen molar-refractivity contribution >= 4 is 22.7 Å². The van der Waals surface area contributed by atoms with E-state index in [-0.39, 0.29) is 5.82 Å². The first-order chi connectivity index (χ1) is 10.5. The average Bonchev–Trinajstić information content (AvgIpc) is 2.87. The molecule has 6 heteroatoms. The number of H-pyrrole nitrogens is 1. The summed E-state index contributed by atoms with van der Waals surface area (Å²) in [6.45, 7) is 2.58. The Morgan fingerprint density at radius 2 is 2.05 bits per heavy atom. The molecule has 0 aliphatic heterocycles. The number of halogens is 1. The molecule has 0 amide bonds. The Hall–Kier alpha value is -2.63. The first kappa shape index (κ1) is 14.3. The molecule has 22 heavy (non-hydrogen) atoms. The summed E-state index contributed by atoms with van der Waals surface area (Å²) >= 11 is 0. The van der Waals surface area contributed by atoms with Crippen molar-refractivity contribution in [3.05, 3.63) is 47.5 Å². The van der Waals surface area contributed by atoms with E-state index in [4.69, 9.17) is 0 Å². The molecule has 114 valence electrons. The van der Waals surface area contributed by atoms with E-state index in [1.165, 1.54) is 12.1 Å². The number of aromatic nitrogens is 3. The lowest BCUT2D eigenvalue weighted by atomic mass is 10.2. The normalized spacial score (nSPS) is 10.9. The van der Waals surface area contributed by atoms with Crippen LogP contribution in [-0.4, -0.2) is 29.0 Å². The van der Waals surface area contributed by atoms with Gasteiger partial charge in [-0.15, -0.1) is 0 Å². The zero-order valence-corrected chi connectivity index (χ0v) is 12.8. The maximum Gasteiger partial charge on any atom is 0.224 e. The smallest absolute Gasteiger partial charge is 0.224 e. The number of aromatic amines is 1. The Bertz CT molecular complexity index is 811. The quantitative estimate of drug-likeness (QED) is 0.777. The molecular weight excluding hydrogens is 281 g/mol. The molecule has 0 bridgehead atoms. The highest BCUT2D eigenvalue weighted by atomic mass is 19.1. The summed E-state index contributed by atoms with van der Waals surface area (Å²) in [5.41, 5.74) is 2.84. The molecule has 1 aromatic carbocycles. The summed E-state index contributed by atoms with van der Waals surface area (Å²) in [7, 11) is 3.76. The highest BCUT2D eigenvalue weighted by Crippen LogP contribution is 2.20. The molecule has 0 radical (unpaired) electrons. The number of nitrogens with one attached hydrogen (secondary N) is 2. The van der Waals surface area contributed by atoms with Crippen LogP contribution in [0.2, 0.25) is 0 Å². The molecule has 0 aliphatic carbocycles. The molecule has 0 unspecified atom stereocenters. The van der Waals surface area contributed by atoms with E-state index in [2.05, 4.69) is 20.3 Å². The minimum atomic E-state index is -0.225. The van der Waals surface area contributed by atoms with Gasteiger partial charge in [-0.25, -0.2) is 9.37 Å². The Morgan fingerprint density at radius 3 is 2.82 bits per heavy atom. The molecule has 0 aliphatic rings. The third kappa shape index (κ3) is 2.86. The van der Waals surface area contributed by atoms with Gasteiger partial charge in [-0.1, -0.05) is 0 Å². The number of nitrogens with zero attached hydrogens (tertiary/aromatic N) is 3. The molecule has 2 N–H and O–H groups in total. The molecule has 3 aromatic rings. The number of fused-ring (bicyclic) bond motifs is 1. The molecule has 0 atom stereocenters. The molecule has 3 rings (SSSR count). The Kier molecular flexibility index (Phi) is 3.66. The van der Waals surface area contributed by atoms with E-state index in [0.717, 1.165) is 28.1 Å². The van der Waals surface area contributed by atoms with Gasteiger partial charge >= 0.3 is 0 Å². The van der Waals surface area contributed by atoms with Gasteiger partial charge in [-0.05, 0) is 31.2 Å². The number of aryl methyl sites for hydroxylation is 1. The Balaban J connectivity index is 1.86. The van der Waals surface area contributed by atoms with E-state index in [1.807, 2.05) is 31.0 Å². The molecule has 0 fully saturated rings. The van der Waals surface area contributed by atoms with Crippen LogP contribution in [0.1, 0.15) is 11.4 Å². The monoisotopic (exact) mass is 299 g/mol. The van der Waals surface area contributed by atoms with E-state index in [0.29, 0.717) is 12.5 Å². The summed E-state index contributed by atoms with van der Waals surface area (Å²) in [6, 6.07) is 8.63. The topological polar surface area (TPSA) is 56.8 Å². The van der Waals surface area contributed by atoms with Gasteiger partial charge in [0.05, 0.1) is 6.54 Å². The Morgan fingerprint density at radius 1 is 1.23 bits per heavy atom. The van der Waals surface area contributed by atoms with Crippen molar-refractivity contribution < 1.29 is 4.39 Å². The summed E-state index contributed by atoms with van der Waals surface area (Å²) in [4.78, 5) is 14.1. The van der Waals surface area contributed by atoms with Crippen LogP contribution >= 0.6 is 0 Å². The predicted octanol–water partition coefficient (Wildman–Crippen LogP) is 3.08. The predicted molar refractivity (Wildman–Crippen MR) is 86.7 cm³/mol. The van der Waals surface area contributed by atoms with Crippen LogP contribution < -0.4 is 10.2 Å². The zero-order valence-electron chi connectivity index (χ0n) is 12.8. The van der Waals surface area contributed by atoms with Crippen LogP contribution in [0.25, 0.3) is 10.9 Å². The van der Waals surface area contributed by atoms with Crippen molar-refractivity contribution in [3.8, 4) is 0 Å². The van der Waals surface area contributed by atoms with E-state index < -0.39 is 0 Å². The van der Waals surface area contributed by atoms with E-state index in [1.54, 1.807) is 13.1 Å². The fraction of sp³-hybridized carbons (Fsp3) is 0.250. The second kappa shape index (κ2) is 5.63. The second-order valence-electron chi connectivity index (χ2n) is 5.32. The minimum absolute atomic E-state index is 0.225.